The Bertz CT molecular complexity index is 584. The van der Waals surface area contributed by atoms with Gasteiger partial charge in [0.1, 0.15) is 5.82 Å². The average Bonchev–Trinajstić information content (AvgIpc) is 2.32. The molecule has 5 heteroatoms. The Balaban J connectivity index is 2.19. The fourth-order valence-electron chi connectivity index (χ4n) is 1.47. The number of hydrogen-bond donors (Lipinski definition) is 2. The number of hydrogen-bond acceptors (Lipinski definition) is 2. The van der Waals surface area contributed by atoms with Crippen LogP contribution in [0.4, 0.5) is 15.8 Å². The maximum atomic E-state index is 12.9. The van der Waals surface area contributed by atoms with Crippen LogP contribution in [-0.2, 0) is 0 Å². The molecule has 2 aromatic rings. The molecule has 92 valence electrons. The summed E-state index contributed by atoms with van der Waals surface area (Å²) in [5, 5.41) is 3.22. The van der Waals surface area contributed by atoms with Gasteiger partial charge in [0, 0.05) is 16.4 Å². The molecule has 0 bridgehead atoms. The van der Waals surface area contributed by atoms with Crippen molar-refractivity contribution < 1.29 is 9.18 Å². The smallest absolute Gasteiger partial charge is 0.257 e. The molecule has 0 unspecified atom stereocenters. The van der Waals surface area contributed by atoms with E-state index in [1.807, 2.05) is 0 Å². The molecule has 1 amide bonds. The molecule has 0 heterocycles. The van der Waals surface area contributed by atoms with Crippen molar-refractivity contribution in [3.05, 3.63) is 58.9 Å². The van der Waals surface area contributed by atoms with E-state index in [1.54, 1.807) is 24.3 Å². The number of anilines is 2. The third-order valence-electron chi connectivity index (χ3n) is 2.36. The Morgan fingerprint density at radius 1 is 1.17 bits per heavy atom. The number of nitrogen functional groups attached to an aromatic ring is 1. The van der Waals surface area contributed by atoms with Crippen LogP contribution < -0.4 is 11.1 Å². The zero-order valence-electron chi connectivity index (χ0n) is 9.28. The van der Waals surface area contributed by atoms with Crippen LogP contribution in [-0.4, -0.2) is 5.91 Å². The Labute approximate surface area is 108 Å². The van der Waals surface area contributed by atoms with E-state index in [4.69, 9.17) is 17.3 Å². The van der Waals surface area contributed by atoms with Gasteiger partial charge in [-0.3, -0.25) is 4.79 Å². The fraction of sp³-hybridized carbons (Fsp3) is 0. The van der Waals surface area contributed by atoms with Crippen molar-refractivity contribution >= 4 is 28.9 Å². The van der Waals surface area contributed by atoms with Crippen LogP contribution in [0.25, 0.3) is 0 Å². The second-order valence-corrected chi connectivity index (χ2v) is 4.13. The number of nitrogens with two attached hydrogens (primary N) is 1. The molecule has 0 radical (unpaired) electrons. The lowest BCUT2D eigenvalue weighted by molar-refractivity contribution is 0.102. The molecule has 3 nitrogen and oxygen atoms in total. The second kappa shape index (κ2) is 5.06. The summed E-state index contributed by atoms with van der Waals surface area (Å²) in [7, 11) is 0. The lowest BCUT2D eigenvalue weighted by Gasteiger charge is -2.07. The highest BCUT2D eigenvalue weighted by molar-refractivity contribution is 6.30. The van der Waals surface area contributed by atoms with Crippen molar-refractivity contribution in [3.8, 4) is 0 Å². The first-order valence-corrected chi connectivity index (χ1v) is 5.56. The number of rotatable bonds is 2. The van der Waals surface area contributed by atoms with Crippen molar-refractivity contribution in [2.75, 3.05) is 11.1 Å². The highest BCUT2D eigenvalue weighted by Gasteiger charge is 2.10. The van der Waals surface area contributed by atoms with Gasteiger partial charge in [0.2, 0.25) is 0 Å². The Morgan fingerprint density at radius 3 is 2.44 bits per heavy atom. The van der Waals surface area contributed by atoms with Gasteiger partial charge in [0.15, 0.2) is 0 Å². The van der Waals surface area contributed by atoms with Gasteiger partial charge in [-0.05, 0) is 42.5 Å². The minimum absolute atomic E-state index is 0.0986. The van der Waals surface area contributed by atoms with Gasteiger partial charge in [0.25, 0.3) is 5.91 Å². The van der Waals surface area contributed by atoms with Crippen molar-refractivity contribution in [2.24, 2.45) is 0 Å². The lowest BCUT2D eigenvalue weighted by Crippen LogP contribution is -2.14. The van der Waals surface area contributed by atoms with Crippen LogP contribution in [0.3, 0.4) is 0 Å². The number of carbonyl (C=O) groups excluding carboxylic acids is 1. The fourth-order valence-corrected chi connectivity index (χ4v) is 1.60. The molecule has 18 heavy (non-hydrogen) atoms. The molecule has 0 spiro atoms. The number of halogens is 2. The van der Waals surface area contributed by atoms with Crippen molar-refractivity contribution in [3.63, 3.8) is 0 Å². The number of benzene rings is 2. The van der Waals surface area contributed by atoms with E-state index < -0.39 is 11.7 Å². The highest BCUT2D eigenvalue weighted by atomic mass is 35.5. The van der Waals surface area contributed by atoms with Gasteiger partial charge in [-0.2, -0.15) is 0 Å². The van der Waals surface area contributed by atoms with Crippen LogP contribution in [0.2, 0.25) is 5.02 Å². The third-order valence-corrected chi connectivity index (χ3v) is 2.61. The summed E-state index contributed by atoms with van der Waals surface area (Å²) in [5.41, 5.74) is 6.50. The number of nitrogens with one attached hydrogen (secondary N) is 1. The maximum absolute atomic E-state index is 12.9. The summed E-state index contributed by atoms with van der Waals surface area (Å²) in [5.74, 6) is -0.870. The first kappa shape index (κ1) is 12.4. The van der Waals surface area contributed by atoms with Crippen LogP contribution >= 0.6 is 11.6 Å². The predicted molar refractivity (Wildman–Crippen MR) is 70.2 cm³/mol. The largest absolute Gasteiger partial charge is 0.398 e. The van der Waals surface area contributed by atoms with Gasteiger partial charge in [0.05, 0.1) is 5.56 Å². The molecule has 2 rings (SSSR count). The van der Waals surface area contributed by atoms with Crippen LogP contribution in [0, 0.1) is 5.82 Å². The minimum Gasteiger partial charge on any atom is -0.398 e. The molecule has 3 N–H and O–H groups in total. The Morgan fingerprint density at radius 2 is 1.83 bits per heavy atom. The van der Waals surface area contributed by atoms with Gasteiger partial charge in [-0.15, -0.1) is 0 Å². The van der Waals surface area contributed by atoms with Gasteiger partial charge < -0.3 is 11.1 Å². The first-order valence-electron chi connectivity index (χ1n) is 5.18. The Hall–Kier alpha value is -2.07. The number of amides is 1. The summed E-state index contributed by atoms with van der Waals surface area (Å²) in [6, 6.07) is 10.3. The van der Waals surface area contributed by atoms with Crippen molar-refractivity contribution in [1.29, 1.82) is 0 Å². The molecule has 0 aliphatic carbocycles. The summed E-state index contributed by atoms with van der Waals surface area (Å²) < 4.78 is 12.9. The van der Waals surface area contributed by atoms with E-state index in [0.29, 0.717) is 10.7 Å². The normalized spacial score (nSPS) is 10.1. The molecular weight excluding hydrogens is 255 g/mol. The summed E-state index contributed by atoms with van der Waals surface area (Å²) in [6.07, 6.45) is 0. The standard InChI is InChI=1S/C13H10ClFN2O/c14-8-1-4-10(5-2-8)17-13(18)11-6-3-9(15)7-12(11)16/h1-7H,16H2,(H,17,18). The van der Waals surface area contributed by atoms with Crippen LogP contribution in [0.5, 0.6) is 0 Å². The molecule has 0 aromatic heterocycles. The van der Waals surface area contributed by atoms with E-state index in [2.05, 4.69) is 5.32 Å². The zero-order valence-corrected chi connectivity index (χ0v) is 10.0. The second-order valence-electron chi connectivity index (χ2n) is 3.69. The highest BCUT2D eigenvalue weighted by Crippen LogP contribution is 2.17. The SMILES string of the molecule is Nc1cc(F)ccc1C(=O)Nc1ccc(Cl)cc1. The van der Waals surface area contributed by atoms with E-state index in [9.17, 15) is 9.18 Å². The van der Waals surface area contributed by atoms with E-state index in [1.165, 1.54) is 12.1 Å². The van der Waals surface area contributed by atoms with E-state index in [-0.39, 0.29) is 11.3 Å². The first-order chi connectivity index (χ1) is 8.56. The van der Waals surface area contributed by atoms with Crippen LogP contribution in [0.1, 0.15) is 10.4 Å². The van der Waals surface area contributed by atoms with Crippen molar-refractivity contribution in [2.45, 2.75) is 0 Å². The number of carbonyl (C=O) groups is 1. The average molecular weight is 265 g/mol. The molecule has 0 aliphatic rings. The Kier molecular flexibility index (Phi) is 3.48. The third kappa shape index (κ3) is 2.78. The monoisotopic (exact) mass is 264 g/mol. The van der Waals surface area contributed by atoms with Crippen molar-refractivity contribution in [1.82, 2.24) is 0 Å². The van der Waals surface area contributed by atoms with Gasteiger partial charge in [-0.1, -0.05) is 11.6 Å². The topological polar surface area (TPSA) is 55.1 Å². The zero-order chi connectivity index (χ0) is 13.1. The summed E-state index contributed by atoms with van der Waals surface area (Å²) in [4.78, 5) is 11.9. The quantitative estimate of drug-likeness (QED) is 0.818. The van der Waals surface area contributed by atoms with Gasteiger partial charge in [-0.25, -0.2) is 4.39 Å². The molecular formula is C13H10ClFN2O. The predicted octanol–water partition coefficient (Wildman–Crippen LogP) is 3.31. The van der Waals surface area contributed by atoms with Gasteiger partial charge >= 0.3 is 0 Å². The van der Waals surface area contributed by atoms with Crippen LogP contribution in [0.15, 0.2) is 42.5 Å². The molecule has 0 aliphatic heterocycles. The van der Waals surface area contributed by atoms with E-state index in [0.717, 1.165) is 6.07 Å². The summed E-state index contributed by atoms with van der Waals surface area (Å²) >= 11 is 5.73. The molecule has 0 fully saturated rings. The minimum atomic E-state index is -0.476. The summed E-state index contributed by atoms with van der Waals surface area (Å²) in [6.45, 7) is 0. The molecule has 0 saturated heterocycles. The molecule has 0 saturated carbocycles. The maximum Gasteiger partial charge on any atom is 0.257 e. The molecule has 2 aromatic carbocycles. The van der Waals surface area contributed by atoms with E-state index >= 15 is 0 Å². The molecule has 0 atom stereocenters. The lowest BCUT2D eigenvalue weighted by atomic mass is 10.1.